The second-order valence-corrected chi connectivity index (χ2v) is 10.4. The highest BCUT2D eigenvalue weighted by molar-refractivity contribution is 7.93. The van der Waals surface area contributed by atoms with Crippen molar-refractivity contribution in [3.05, 3.63) is 45.8 Å². The maximum Gasteiger partial charge on any atom is 0.259 e. The molecule has 0 bridgehead atoms. The average Bonchev–Trinajstić information content (AvgIpc) is 3.22. The highest BCUT2D eigenvalue weighted by Gasteiger charge is 2.28. The number of halogens is 1. The molecule has 3 N–H and O–H groups in total. The average molecular weight is 412 g/mol. The van der Waals surface area contributed by atoms with Crippen molar-refractivity contribution in [2.24, 2.45) is 9.50 Å². The molecule has 1 saturated carbocycles. The molecule has 1 atom stereocenters. The fourth-order valence-electron chi connectivity index (χ4n) is 2.86. The van der Waals surface area contributed by atoms with E-state index < -0.39 is 21.4 Å². The van der Waals surface area contributed by atoms with Gasteiger partial charge in [0.2, 0.25) is 0 Å². The summed E-state index contributed by atoms with van der Waals surface area (Å²) in [6.07, 6.45) is 3.13. The number of nitrogens with two attached hydrogens (primary N) is 1. The molecule has 0 saturated heterocycles. The molecule has 1 aliphatic carbocycles. The Morgan fingerprint density at radius 3 is 2.70 bits per heavy atom. The van der Waals surface area contributed by atoms with Crippen LogP contribution >= 0.6 is 11.3 Å². The van der Waals surface area contributed by atoms with Crippen LogP contribution in [0.1, 0.15) is 54.3 Å². The summed E-state index contributed by atoms with van der Waals surface area (Å²) < 4.78 is 30.3. The maximum atomic E-state index is 13.7. The summed E-state index contributed by atoms with van der Waals surface area (Å²) in [6.45, 7) is 4.84. The zero-order valence-corrected chi connectivity index (χ0v) is 17.0. The molecule has 0 radical (unpaired) electrons. The number of carbonyl (C=O) groups excluding carboxylic acids is 1. The molecule has 1 fully saturated rings. The maximum absolute atomic E-state index is 13.7. The summed E-state index contributed by atoms with van der Waals surface area (Å²) in [5.74, 6) is -0.688. The number of carbonyl (C=O) groups is 1. The Morgan fingerprint density at radius 2 is 2.15 bits per heavy atom. The van der Waals surface area contributed by atoms with Gasteiger partial charge < -0.3 is 5.11 Å². The van der Waals surface area contributed by atoms with Crippen LogP contribution in [0, 0.1) is 12.7 Å². The van der Waals surface area contributed by atoms with Gasteiger partial charge in [0.15, 0.2) is 9.92 Å². The van der Waals surface area contributed by atoms with Gasteiger partial charge in [-0.05, 0) is 68.4 Å². The number of rotatable bonds is 5. The molecule has 146 valence electrons. The molecule has 1 heterocycles. The molecule has 3 rings (SSSR count). The number of amides is 1. The Morgan fingerprint density at radius 1 is 1.48 bits per heavy atom. The predicted octanol–water partition coefficient (Wildman–Crippen LogP) is 3.17. The molecule has 1 aromatic carbocycles. The molecule has 1 aliphatic rings. The zero-order valence-electron chi connectivity index (χ0n) is 15.4. The lowest BCUT2D eigenvalue weighted by Crippen LogP contribution is -2.16. The second kappa shape index (κ2) is 7.05. The molecule has 9 heteroatoms. The van der Waals surface area contributed by atoms with Crippen molar-refractivity contribution in [3.63, 3.8) is 0 Å². The number of aliphatic hydroxyl groups is 1. The largest absolute Gasteiger partial charge is 0.383 e. The summed E-state index contributed by atoms with van der Waals surface area (Å²) in [5.41, 5.74) is 1.02. The Balaban J connectivity index is 1.89. The van der Waals surface area contributed by atoms with E-state index in [0.29, 0.717) is 10.6 Å². The number of aryl methyl sites for hydroxylation is 1. The van der Waals surface area contributed by atoms with Crippen LogP contribution in [-0.4, -0.2) is 20.2 Å². The first-order valence-corrected chi connectivity index (χ1v) is 10.9. The Bertz CT molecular complexity index is 1010. The van der Waals surface area contributed by atoms with E-state index in [4.69, 9.17) is 5.14 Å². The number of benzene rings is 1. The van der Waals surface area contributed by atoms with E-state index in [1.54, 1.807) is 20.8 Å². The van der Waals surface area contributed by atoms with Crippen LogP contribution in [0.4, 0.5) is 4.39 Å². The molecule has 27 heavy (non-hydrogen) atoms. The minimum atomic E-state index is -3.46. The third-order valence-electron chi connectivity index (χ3n) is 4.35. The monoisotopic (exact) mass is 411 g/mol. The molecule has 1 aromatic heterocycles. The number of thiazole rings is 1. The van der Waals surface area contributed by atoms with Gasteiger partial charge in [-0.25, -0.2) is 18.7 Å². The third kappa shape index (κ3) is 4.60. The van der Waals surface area contributed by atoms with Crippen molar-refractivity contribution < 1.29 is 18.5 Å². The van der Waals surface area contributed by atoms with Crippen molar-refractivity contribution in [2.75, 3.05) is 0 Å². The molecule has 2 aromatic rings. The van der Waals surface area contributed by atoms with Gasteiger partial charge in [0.1, 0.15) is 20.6 Å². The topological polar surface area (TPSA) is 106 Å². The lowest BCUT2D eigenvalue weighted by molar-refractivity contribution is -0.117. The molecular weight excluding hydrogens is 389 g/mol. The van der Waals surface area contributed by atoms with Gasteiger partial charge in [-0.2, -0.15) is 0 Å². The van der Waals surface area contributed by atoms with Gasteiger partial charge >= 0.3 is 0 Å². The van der Waals surface area contributed by atoms with Crippen LogP contribution in [0.15, 0.2) is 26.9 Å². The summed E-state index contributed by atoms with van der Waals surface area (Å²) in [7, 11) is -3.46. The van der Waals surface area contributed by atoms with E-state index in [-0.39, 0.29) is 22.4 Å². The van der Waals surface area contributed by atoms with Crippen molar-refractivity contribution in [2.45, 2.75) is 55.8 Å². The molecule has 6 nitrogen and oxygen atoms in total. The van der Waals surface area contributed by atoms with Crippen LogP contribution in [0.25, 0.3) is 0 Å². The van der Waals surface area contributed by atoms with Crippen LogP contribution in [0.3, 0.4) is 0 Å². The first kappa shape index (κ1) is 20.1. The first-order valence-electron chi connectivity index (χ1n) is 8.53. The lowest BCUT2D eigenvalue weighted by Gasteiger charge is -2.12. The van der Waals surface area contributed by atoms with Gasteiger partial charge in [0.25, 0.3) is 5.91 Å². The molecule has 1 amide bonds. The van der Waals surface area contributed by atoms with E-state index in [2.05, 4.69) is 9.35 Å². The van der Waals surface area contributed by atoms with Crippen LogP contribution in [-0.2, 0) is 26.7 Å². The van der Waals surface area contributed by atoms with Gasteiger partial charge in [-0.1, -0.05) is 0 Å². The van der Waals surface area contributed by atoms with E-state index in [9.17, 15) is 18.5 Å². The smallest absolute Gasteiger partial charge is 0.259 e. The summed E-state index contributed by atoms with van der Waals surface area (Å²) in [6, 6.07) is 2.85. The van der Waals surface area contributed by atoms with Crippen LogP contribution < -0.4 is 5.14 Å². The van der Waals surface area contributed by atoms with E-state index in [1.165, 1.54) is 18.3 Å². The Hall–Kier alpha value is -1.68. The highest BCUT2D eigenvalue weighted by Crippen LogP contribution is 2.43. The number of nitrogens with zero attached hydrogens (tertiary/aromatic N) is 2. The predicted molar refractivity (Wildman–Crippen MR) is 102 cm³/mol. The zero-order chi connectivity index (χ0) is 20.0. The minimum absolute atomic E-state index is 0.0801. The minimum Gasteiger partial charge on any atom is -0.383 e. The summed E-state index contributed by atoms with van der Waals surface area (Å²) in [5, 5.41) is 16.1. The molecule has 0 spiro atoms. The fraction of sp³-hybridized carbons (Fsp3) is 0.444. The third-order valence-corrected chi connectivity index (χ3v) is 7.58. The first-order chi connectivity index (χ1) is 12.5. The van der Waals surface area contributed by atoms with Gasteiger partial charge in [0, 0.05) is 0 Å². The standard InChI is InChI=1S/C18H22FN3O3S2/c1-10-6-12(19)7-14(11-4-5-11)13(10)8-15(23)22-27(20,25)16-9-21-17(26-16)18(2,3)24/h6-7,9,11,24H,4-5,8H2,1-3H3,(H2,20,22,23,25). The fourth-order valence-corrected chi connectivity index (χ4v) is 4.99. The highest BCUT2D eigenvalue weighted by atomic mass is 32.2. The van der Waals surface area contributed by atoms with Crippen molar-refractivity contribution >= 4 is 27.2 Å². The van der Waals surface area contributed by atoms with Gasteiger partial charge in [0.05, 0.1) is 12.6 Å². The number of aromatic nitrogens is 1. The number of hydrogen-bond donors (Lipinski definition) is 2. The summed E-state index contributed by atoms with van der Waals surface area (Å²) in [4.78, 5) is 16.5. The molecule has 1 unspecified atom stereocenters. The quantitative estimate of drug-likeness (QED) is 0.788. The van der Waals surface area contributed by atoms with Gasteiger partial charge in [-0.15, -0.1) is 15.7 Å². The van der Waals surface area contributed by atoms with Crippen molar-refractivity contribution in [1.29, 1.82) is 0 Å². The lowest BCUT2D eigenvalue weighted by atomic mass is 9.95. The Labute approximate surface area is 162 Å². The van der Waals surface area contributed by atoms with Crippen LogP contribution in [0.5, 0.6) is 0 Å². The molecular formula is C18H22FN3O3S2. The SMILES string of the molecule is Cc1cc(F)cc(C2CC2)c1CC(=O)N=S(N)(=O)c1cnc(C(C)(C)O)s1. The van der Waals surface area contributed by atoms with Crippen molar-refractivity contribution in [3.8, 4) is 0 Å². The van der Waals surface area contributed by atoms with E-state index in [0.717, 1.165) is 35.3 Å². The molecule has 0 aliphatic heterocycles. The van der Waals surface area contributed by atoms with Crippen LogP contribution in [0.2, 0.25) is 0 Å². The number of hydrogen-bond acceptors (Lipinski definition) is 5. The Kier molecular flexibility index (Phi) is 5.24. The van der Waals surface area contributed by atoms with Gasteiger partial charge in [-0.3, -0.25) is 4.79 Å². The van der Waals surface area contributed by atoms with E-state index >= 15 is 0 Å². The normalized spacial score (nSPS) is 16.8. The van der Waals surface area contributed by atoms with Crippen molar-refractivity contribution in [1.82, 2.24) is 4.98 Å². The second-order valence-electron chi connectivity index (χ2n) is 7.34. The van der Waals surface area contributed by atoms with E-state index in [1.807, 2.05) is 0 Å². The summed E-state index contributed by atoms with van der Waals surface area (Å²) >= 11 is 0.961.